The Morgan fingerprint density at radius 2 is 2.09 bits per heavy atom. The smallest absolute Gasteiger partial charge is 0.141 e. The topological polar surface area (TPSA) is 29.1 Å². The van der Waals surface area contributed by atoms with E-state index >= 15 is 0 Å². The van der Waals surface area contributed by atoms with Crippen LogP contribution in [0.1, 0.15) is 5.56 Å². The normalized spacial score (nSPS) is 8.36. The van der Waals surface area contributed by atoms with Crippen molar-refractivity contribution in [2.24, 2.45) is 0 Å². The Labute approximate surface area is 65.5 Å². The van der Waals surface area contributed by atoms with Crippen LogP contribution in [-0.2, 0) is 11.3 Å². The van der Waals surface area contributed by atoms with Crippen molar-refractivity contribution in [1.29, 1.82) is 0 Å². The lowest BCUT2D eigenvalue weighted by Crippen LogP contribution is -2.03. The Morgan fingerprint density at radius 3 is 2.73 bits per heavy atom. The van der Waals surface area contributed by atoms with Crippen molar-refractivity contribution < 1.29 is 4.79 Å². The summed E-state index contributed by atoms with van der Waals surface area (Å²) in [6, 6.07) is 9.86. The van der Waals surface area contributed by atoms with E-state index in [4.69, 9.17) is 0 Å². The fourth-order valence-electron chi connectivity index (χ4n) is 0.806. The molecule has 56 valence electrons. The van der Waals surface area contributed by atoms with Crippen molar-refractivity contribution in [2.75, 3.05) is 0 Å². The molecule has 0 atom stereocenters. The summed E-state index contributed by atoms with van der Waals surface area (Å²) < 4.78 is 0. The van der Waals surface area contributed by atoms with Crippen LogP contribution in [0.4, 0.5) is 0 Å². The minimum absolute atomic E-state index is 0.677. The second-order valence-corrected chi connectivity index (χ2v) is 2.13. The molecule has 0 aliphatic carbocycles. The molecule has 2 nitrogen and oxygen atoms in total. The van der Waals surface area contributed by atoms with Crippen LogP contribution in [0.3, 0.4) is 0 Å². The van der Waals surface area contributed by atoms with Crippen LogP contribution in [0.5, 0.6) is 0 Å². The molecular weight excluding hydrogens is 138 g/mol. The van der Waals surface area contributed by atoms with Crippen molar-refractivity contribution in [1.82, 2.24) is 5.32 Å². The number of carbonyl (C=O) groups excluding carboxylic acids is 1. The van der Waals surface area contributed by atoms with Gasteiger partial charge >= 0.3 is 0 Å². The molecule has 0 unspecified atom stereocenters. The molecular formula is C9H9NO. The summed E-state index contributed by atoms with van der Waals surface area (Å²) in [5.41, 5.74) is 1.15. The van der Waals surface area contributed by atoms with Gasteiger partial charge in [-0.2, -0.15) is 0 Å². The van der Waals surface area contributed by atoms with Crippen molar-refractivity contribution in [3.8, 4) is 0 Å². The van der Waals surface area contributed by atoms with E-state index in [1.807, 2.05) is 30.3 Å². The maximum atomic E-state index is 9.75. The van der Waals surface area contributed by atoms with Gasteiger partial charge in [-0.3, -0.25) is 0 Å². The summed E-state index contributed by atoms with van der Waals surface area (Å²) in [6.45, 7) is 0.677. The molecule has 0 bridgehead atoms. The zero-order chi connectivity index (χ0) is 7.94. The van der Waals surface area contributed by atoms with Crippen LogP contribution in [0.2, 0.25) is 0 Å². The molecule has 0 aliphatic rings. The standard InChI is InChI=1S/C9H9NO/c11-7-6-10-8-9-4-2-1-3-5-9/h1-6,10H,8H2. The Balaban J connectivity index is 2.45. The van der Waals surface area contributed by atoms with Crippen LogP contribution < -0.4 is 5.32 Å². The molecule has 0 saturated carbocycles. The fraction of sp³-hybridized carbons (Fsp3) is 0.111. The van der Waals surface area contributed by atoms with Crippen molar-refractivity contribution in [3.05, 3.63) is 42.1 Å². The molecule has 1 rings (SSSR count). The van der Waals surface area contributed by atoms with Gasteiger partial charge in [0.25, 0.3) is 0 Å². The summed E-state index contributed by atoms with van der Waals surface area (Å²) in [6.07, 6.45) is 1.27. The van der Waals surface area contributed by atoms with Crippen LogP contribution in [0, 0.1) is 0 Å². The van der Waals surface area contributed by atoms with E-state index in [-0.39, 0.29) is 0 Å². The van der Waals surface area contributed by atoms with Gasteiger partial charge in [0.1, 0.15) is 5.94 Å². The predicted molar refractivity (Wildman–Crippen MR) is 43.5 cm³/mol. The van der Waals surface area contributed by atoms with Gasteiger partial charge < -0.3 is 5.32 Å². The molecule has 0 aromatic heterocycles. The van der Waals surface area contributed by atoms with Crippen LogP contribution in [0.25, 0.3) is 0 Å². The van der Waals surface area contributed by atoms with Crippen LogP contribution in [0.15, 0.2) is 36.5 Å². The average molecular weight is 147 g/mol. The second-order valence-electron chi connectivity index (χ2n) is 2.13. The van der Waals surface area contributed by atoms with Gasteiger partial charge in [-0.25, -0.2) is 4.79 Å². The van der Waals surface area contributed by atoms with E-state index in [1.165, 1.54) is 6.20 Å². The van der Waals surface area contributed by atoms with Gasteiger partial charge in [-0.1, -0.05) is 30.3 Å². The fourth-order valence-corrected chi connectivity index (χ4v) is 0.806. The number of hydrogen-bond donors (Lipinski definition) is 1. The molecule has 0 saturated heterocycles. The number of rotatable bonds is 3. The maximum Gasteiger partial charge on any atom is 0.141 e. The third-order valence-corrected chi connectivity index (χ3v) is 1.31. The first kappa shape index (κ1) is 7.58. The average Bonchev–Trinajstić information content (AvgIpc) is 2.07. The summed E-state index contributed by atoms with van der Waals surface area (Å²) >= 11 is 0. The predicted octanol–water partition coefficient (Wildman–Crippen LogP) is 1.12. The molecule has 0 amide bonds. The Hall–Kier alpha value is -1.53. The van der Waals surface area contributed by atoms with Gasteiger partial charge in [0.15, 0.2) is 0 Å². The first-order valence-corrected chi connectivity index (χ1v) is 3.40. The molecule has 11 heavy (non-hydrogen) atoms. The first-order chi connectivity index (χ1) is 5.43. The molecule has 1 aromatic rings. The van der Waals surface area contributed by atoms with Gasteiger partial charge in [0.05, 0.1) is 6.20 Å². The summed E-state index contributed by atoms with van der Waals surface area (Å²) in [7, 11) is 0. The van der Waals surface area contributed by atoms with Gasteiger partial charge in [-0.15, -0.1) is 0 Å². The van der Waals surface area contributed by atoms with Crippen molar-refractivity contribution >= 4 is 5.94 Å². The monoisotopic (exact) mass is 147 g/mol. The van der Waals surface area contributed by atoms with Crippen molar-refractivity contribution in [3.63, 3.8) is 0 Å². The van der Waals surface area contributed by atoms with E-state index < -0.39 is 0 Å². The molecule has 0 heterocycles. The van der Waals surface area contributed by atoms with Gasteiger partial charge in [-0.05, 0) is 5.56 Å². The molecule has 0 radical (unpaired) electrons. The Morgan fingerprint density at radius 1 is 1.36 bits per heavy atom. The third kappa shape index (κ3) is 2.70. The van der Waals surface area contributed by atoms with E-state index in [1.54, 1.807) is 5.94 Å². The third-order valence-electron chi connectivity index (χ3n) is 1.31. The van der Waals surface area contributed by atoms with Crippen molar-refractivity contribution in [2.45, 2.75) is 6.54 Å². The molecule has 0 fully saturated rings. The molecule has 2 heteroatoms. The Kier molecular flexibility index (Phi) is 2.97. The van der Waals surface area contributed by atoms with E-state index in [2.05, 4.69) is 5.32 Å². The minimum atomic E-state index is 0.677. The molecule has 0 aliphatic heterocycles. The van der Waals surface area contributed by atoms with Crippen LogP contribution in [-0.4, -0.2) is 5.94 Å². The number of benzene rings is 1. The Bertz CT molecular complexity index is 250. The highest BCUT2D eigenvalue weighted by molar-refractivity contribution is 5.43. The molecule has 1 N–H and O–H groups in total. The molecule has 0 spiro atoms. The van der Waals surface area contributed by atoms with E-state index in [0.717, 1.165) is 5.56 Å². The highest BCUT2D eigenvalue weighted by Crippen LogP contribution is 1.96. The molecule has 1 aromatic carbocycles. The zero-order valence-corrected chi connectivity index (χ0v) is 6.08. The highest BCUT2D eigenvalue weighted by Gasteiger charge is 1.85. The zero-order valence-electron chi connectivity index (χ0n) is 6.08. The quantitative estimate of drug-likeness (QED) is 0.649. The summed E-state index contributed by atoms with van der Waals surface area (Å²) in [4.78, 5) is 9.75. The second kappa shape index (κ2) is 4.31. The lowest BCUT2D eigenvalue weighted by Gasteiger charge is -1.97. The van der Waals surface area contributed by atoms with Gasteiger partial charge in [0.2, 0.25) is 0 Å². The lowest BCUT2D eigenvalue weighted by molar-refractivity contribution is 0.567. The number of nitrogens with one attached hydrogen (secondary N) is 1. The van der Waals surface area contributed by atoms with Crippen LogP contribution >= 0.6 is 0 Å². The summed E-state index contributed by atoms with van der Waals surface area (Å²) in [5, 5.41) is 2.80. The summed E-state index contributed by atoms with van der Waals surface area (Å²) in [5.74, 6) is 1.65. The van der Waals surface area contributed by atoms with Gasteiger partial charge in [0, 0.05) is 6.54 Å². The highest BCUT2D eigenvalue weighted by atomic mass is 16.1. The lowest BCUT2D eigenvalue weighted by atomic mass is 10.2. The maximum absolute atomic E-state index is 9.75. The largest absolute Gasteiger partial charge is 0.378 e. The SMILES string of the molecule is O=C=CNCc1ccccc1. The number of hydrogen-bond acceptors (Lipinski definition) is 2. The van der Waals surface area contributed by atoms with E-state index in [9.17, 15) is 4.79 Å². The minimum Gasteiger partial charge on any atom is -0.378 e. The van der Waals surface area contributed by atoms with E-state index in [0.29, 0.717) is 6.54 Å². The first-order valence-electron chi connectivity index (χ1n) is 3.40.